The van der Waals surface area contributed by atoms with E-state index in [2.05, 4.69) is 23.1 Å². The topological polar surface area (TPSA) is 146 Å². The molecule has 0 aromatic heterocycles. The van der Waals surface area contributed by atoms with Crippen LogP contribution < -0.4 is 9.47 Å². The van der Waals surface area contributed by atoms with Crippen LogP contribution in [0.4, 0.5) is 0 Å². The Bertz CT molecular complexity index is 946. The summed E-state index contributed by atoms with van der Waals surface area (Å²) in [6.07, 6.45) is 2.24. The van der Waals surface area contributed by atoms with E-state index in [9.17, 15) is 14.7 Å². The normalized spacial score (nSPS) is 28.3. The molecule has 4 N–H and O–H groups in total. The molecule has 1 aromatic rings. The van der Waals surface area contributed by atoms with Crippen molar-refractivity contribution in [2.24, 2.45) is 0 Å². The van der Waals surface area contributed by atoms with Gasteiger partial charge in [-0.3, -0.25) is 9.69 Å². The number of hydrogen-bond donors (Lipinski definition) is 4. The van der Waals surface area contributed by atoms with Crippen LogP contribution in [0.2, 0.25) is 0 Å². The third-order valence-electron chi connectivity index (χ3n) is 6.64. The first-order chi connectivity index (χ1) is 15.3. The second-order valence-corrected chi connectivity index (χ2v) is 8.36. The molecule has 10 heteroatoms. The molecule has 3 heterocycles. The van der Waals surface area contributed by atoms with E-state index < -0.39 is 30.6 Å². The van der Waals surface area contributed by atoms with Gasteiger partial charge in [-0.05, 0) is 55.1 Å². The van der Waals surface area contributed by atoms with Crippen molar-refractivity contribution in [2.45, 2.75) is 49.3 Å². The third kappa shape index (κ3) is 3.78. The van der Waals surface area contributed by atoms with Crippen molar-refractivity contribution in [3.63, 3.8) is 0 Å². The van der Waals surface area contributed by atoms with E-state index >= 15 is 0 Å². The molecule has 1 aromatic carbocycles. The van der Waals surface area contributed by atoms with Gasteiger partial charge in [0.1, 0.15) is 11.9 Å². The zero-order valence-corrected chi connectivity index (χ0v) is 17.7. The zero-order valence-electron chi connectivity index (χ0n) is 17.7. The van der Waals surface area contributed by atoms with Crippen LogP contribution >= 0.6 is 0 Å². The Balaban J connectivity index is 0.000000234. The van der Waals surface area contributed by atoms with E-state index in [0.717, 1.165) is 43.9 Å². The van der Waals surface area contributed by atoms with Crippen molar-refractivity contribution in [1.82, 2.24) is 4.90 Å². The largest absolute Gasteiger partial charge is 0.499 e. The number of hydrogen-bond acceptors (Lipinski definition) is 8. The number of carboxylic acids is 2. The lowest BCUT2D eigenvalue weighted by molar-refractivity contribution is -0.152. The van der Waals surface area contributed by atoms with Gasteiger partial charge < -0.3 is 34.6 Å². The quantitative estimate of drug-likeness (QED) is 0.518. The minimum atomic E-state index is -1.79. The number of rotatable bonds is 4. The summed E-state index contributed by atoms with van der Waals surface area (Å²) in [5.41, 5.74) is 2.33. The smallest absolute Gasteiger partial charge is 0.333 e. The zero-order chi connectivity index (χ0) is 23.0. The Hall–Kier alpha value is -2.82. The molecule has 10 nitrogen and oxygen atoms in total. The van der Waals surface area contributed by atoms with E-state index in [-0.39, 0.29) is 18.2 Å². The molecule has 0 bridgehead atoms. The van der Waals surface area contributed by atoms with Gasteiger partial charge >= 0.3 is 11.9 Å². The Morgan fingerprint density at radius 1 is 1.25 bits per heavy atom. The molecule has 32 heavy (non-hydrogen) atoms. The molecule has 1 unspecified atom stereocenters. The van der Waals surface area contributed by atoms with E-state index in [1.54, 1.807) is 7.11 Å². The van der Waals surface area contributed by atoms with Gasteiger partial charge in [0.05, 0.1) is 19.1 Å². The monoisotopic (exact) mass is 449 g/mol. The summed E-state index contributed by atoms with van der Waals surface area (Å²) in [6, 6.07) is 4.19. The molecule has 1 spiro atoms. The van der Waals surface area contributed by atoms with Gasteiger partial charge in [0.25, 0.3) is 0 Å². The van der Waals surface area contributed by atoms with Crippen molar-refractivity contribution >= 4 is 11.9 Å². The first-order valence-corrected chi connectivity index (χ1v) is 10.5. The molecular weight excluding hydrogens is 422 g/mol. The van der Waals surface area contributed by atoms with Crippen LogP contribution in [0.15, 0.2) is 24.0 Å². The van der Waals surface area contributed by atoms with Crippen LogP contribution in [0, 0.1) is 0 Å². The highest BCUT2D eigenvalue weighted by Crippen LogP contribution is 2.54. The molecule has 0 amide bonds. The molecule has 0 radical (unpaired) electrons. The maximum atomic E-state index is 11.0. The molecule has 4 aliphatic rings. The van der Waals surface area contributed by atoms with Gasteiger partial charge in [-0.15, -0.1) is 0 Å². The molecule has 0 saturated carbocycles. The highest BCUT2D eigenvalue weighted by Gasteiger charge is 2.56. The summed E-state index contributed by atoms with van der Waals surface area (Å²) >= 11 is 0. The van der Waals surface area contributed by atoms with E-state index in [1.807, 2.05) is 0 Å². The molecular formula is C22H27NO9. The number of ether oxygens (including phenoxy) is 3. The van der Waals surface area contributed by atoms with Crippen LogP contribution in [0.3, 0.4) is 0 Å². The minimum absolute atomic E-state index is 0.00644. The van der Waals surface area contributed by atoms with Gasteiger partial charge in [-0.1, -0.05) is 0 Å². The molecule has 1 aliphatic carbocycles. The Morgan fingerprint density at radius 3 is 2.59 bits per heavy atom. The fourth-order valence-corrected chi connectivity index (χ4v) is 5.25. The maximum Gasteiger partial charge on any atom is 0.333 e. The molecule has 4 atom stereocenters. The van der Waals surface area contributed by atoms with Gasteiger partial charge in [0.15, 0.2) is 17.6 Å². The van der Waals surface area contributed by atoms with E-state index in [4.69, 9.17) is 29.5 Å². The van der Waals surface area contributed by atoms with Crippen LogP contribution in [-0.2, 0) is 20.7 Å². The summed E-state index contributed by atoms with van der Waals surface area (Å²) in [4.78, 5) is 21.9. The van der Waals surface area contributed by atoms with Crippen molar-refractivity contribution in [2.75, 3.05) is 27.0 Å². The maximum absolute atomic E-state index is 11.0. The number of nitrogens with zero attached hydrogens (tertiary/aromatic N) is 1. The van der Waals surface area contributed by atoms with E-state index in [1.165, 1.54) is 11.1 Å². The number of carbonyl (C=O) groups is 2. The first-order valence-electron chi connectivity index (χ1n) is 10.5. The van der Waals surface area contributed by atoms with Gasteiger partial charge in [-0.2, -0.15) is 0 Å². The number of fused-ring (bicyclic) bond motifs is 3. The molecule has 174 valence electrons. The molecule has 1 fully saturated rings. The van der Waals surface area contributed by atoms with Gasteiger partial charge in [0.2, 0.25) is 6.79 Å². The summed E-state index contributed by atoms with van der Waals surface area (Å²) in [6.45, 7) is 2.37. The SMILES string of the molecule is COC1=C[C@]23CCCN2CCc2cc4c(cc2[C@@H]3[C@@H]1O)OCO4.O=C(O)CC(O)C(=O)O. The van der Waals surface area contributed by atoms with Gasteiger partial charge in [0, 0.05) is 12.5 Å². The number of aliphatic carboxylic acids is 2. The average Bonchev–Trinajstić information content (AvgIpc) is 3.41. The Labute approximate surface area is 184 Å². The van der Waals surface area contributed by atoms with Crippen LogP contribution in [0.5, 0.6) is 11.5 Å². The Kier molecular flexibility index (Phi) is 6.02. The molecule has 1 saturated heterocycles. The van der Waals surface area contributed by atoms with Crippen LogP contribution in [0.1, 0.15) is 36.3 Å². The minimum Gasteiger partial charge on any atom is -0.499 e. The Morgan fingerprint density at radius 2 is 1.97 bits per heavy atom. The van der Waals surface area contributed by atoms with Crippen molar-refractivity contribution in [3.8, 4) is 11.5 Å². The predicted octanol–water partition coefficient (Wildman–Crippen LogP) is 0.701. The molecule has 5 rings (SSSR count). The third-order valence-corrected chi connectivity index (χ3v) is 6.64. The van der Waals surface area contributed by atoms with Crippen molar-refractivity contribution in [1.29, 1.82) is 0 Å². The number of aliphatic hydroxyl groups excluding tert-OH is 2. The summed E-state index contributed by atoms with van der Waals surface area (Å²) < 4.78 is 16.6. The number of methoxy groups -OCH3 is 1. The predicted molar refractivity (Wildman–Crippen MR) is 110 cm³/mol. The second-order valence-electron chi connectivity index (χ2n) is 8.36. The first kappa shape index (κ1) is 22.4. The van der Waals surface area contributed by atoms with Crippen LogP contribution in [0.25, 0.3) is 0 Å². The highest BCUT2D eigenvalue weighted by atomic mass is 16.7. The number of carboxylic acid groups (broad SMARTS) is 2. The second kappa shape index (κ2) is 8.61. The average molecular weight is 449 g/mol. The standard InChI is InChI=1S/C18H21NO4.C4H6O5/c1-21-15-9-18-4-2-5-19(18)6-3-11-7-13-14(23-10-22-13)8-12(11)16(18)17(15)20;5-2(4(8)9)1-3(6)7/h7-9,16-17,20H,2-6,10H2,1H3;2,5H,1H2,(H,6,7)(H,8,9)/t16-,17-,18+;/m1./s1. The van der Waals surface area contributed by atoms with E-state index in [0.29, 0.717) is 5.76 Å². The molecule has 3 aliphatic heterocycles. The lowest BCUT2D eigenvalue weighted by atomic mass is 9.78. The number of aliphatic hydroxyl groups is 2. The summed E-state index contributed by atoms with van der Waals surface area (Å²) in [5.74, 6) is -0.516. The summed E-state index contributed by atoms with van der Waals surface area (Å²) in [7, 11) is 1.65. The van der Waals surface area contributed by atoms with Crippen LogP contribution in [-0.4, -0.2) is 82.0 Å². The fraction of sp³-hybridized carbons (Fsp3) is 0.545. The fourth-order valence-electron chi connectivity index (χ4n) is 5.25. The van der Waals surface area contributed by atoms with Crippen molar-refractivity contribution in [3.05, 3.63) is 35.1 Å². The lowest BCUT2D eigenvalue weighted by Gasteiger charge is -2.38. The number of benzene rings is 1. The lowest BCUT2D eigenvalue weighted by Crippen LogP contribution is -2.46. The highest BCUT2D eigenvalue weighted by molar-refractivity contribution is 5.79. The summed E-state index contributed by atoms with van der Waals surface area (Å²) in [5, 5.41) is 35.1. The van der Waals surface area contributed by atoms with Crippen molar-refractivity contribution < 1.29 is 44.2 Å². The van der Waals surface area contributed by atoms with Gasteiger partial charge in [-0.25, -0.2) is 4.79 Å².